The molecular formula is C9H7F3N2O. The summed E-state index contributed by atoms with van der Waals surface area (Å²) in [5.41, 5.74) is 5.01. The minimum atomic E-state index is -1.28. The number of carbonyl (C=O) groups excluding carboxylic acids is 1. The van der Waals surface area contributed by atoms with Gasteiger partial charge in [-0.05, 0) is 0 Å². The molecule has 1 unspecified atom stereocenters. The van der Waals surface area contributed by atoms with Gasteiger partial charge in [-0.15, -0.1) is 0 Å². The van der Waals surface area contributed by atoms with Crippen LogP contribution in [0.1, 0.15) is 0 Å². The largest absolute Gasteiger partial charge is 0.318 e. The molecule has 1 aliphatic heterocycles. The molecule has 1 amide bonds. The number of halogens is 3. The van der Waals surface area contributed by atoms with Gasteiger partial charge in [0.05, 0.1) is 12.2 Å². The summed E-state index contributed by atoms with van der Waals surface area (Å²) in [4.78, 5) is 12.1. The number of anilines is 1. The fourth-order valence-electron chi connectivity index (χ4n) is 1.39. The fourth-order valence-corrected chi connectivity index (χ4v) is 1.39. The highest BCUT2D eigenvalue weighted by Crippen LogP contribution is 2.26. The zero-order valence-electron chi connectivity index (χ0n) is 7.51. The number of rotatable bonds is 1. The first kappa shape index (κ1) is 9.97. The topological polar surface area (TPSA) is 46.3 Å². The molecule has 80 valence electrons. The number of amides is 1. The van der Waals surface area contributed by atoms with Crippen LogP contribution in [-0.2, 0) is 4.79 Å². The Bertz CT molecular complexity index is 436. The first-order chi connectivity index (χ1) is 7.00. The van der Waals surface area contributed by atoms with Crippen molar-refractivity contribution in [3.63, 3.8) is 0 Å². The lowest BCUT2D eigenvalue weighted by molar-refractivity contribution is -0.123. The highest BCUT2D eigenvalue weighted by atomic mass is 19.2. The molecule has 0 bridgehead atoms. The number of nitrogens with zero attached hydrogens (tertiary/aromatic N) is 1. The van der Waals surface area contributed by atoms with E-state index in [4.69, 9.17) is 5.73 Å². The highest BCUT2D eigenvalue weighted by Gasteiger charge is 2.36. The minimum absolute atomic E-state index is 0.112. The van der Waals surface area contributed by atoms with E-state index in [0.29, 0.717) is 12.1 Å². The predicted octanol–water partition coefficient (Wildman–Crippen LogP) is 0.778. The molecule has 6 heteroatoms. The van der Waals surface area contributed by atoms with Gasteiger partial charge in [-0.1, -0.05) is 0 Å². The van der Waals surface area contributed by atoms with Crippen molar-refractivity contribution in [3.05, 3.63) is 29.6 Å². The second kappa shape index (κ2) is 3.23. The van der Waals surface area contributed by atoms with Crippen LogP contribution in [-0.4, -0.2) is 18.5 Å². The molecule has 1 heterocycles. The standard InChI is InChI=1S/C9H7F3N2O/c10-4-1-6(12)8(2-5(4)11)14-3-7(13)9(14)15/h1-2,7H,3,13H2. The summed E-state index contributed by atoms with van der Waals surface area (Å²) in [6.07, 6.45) is 0. The third-order valence-corrected chi connectivity index (χ3v) is 2.24. The molecule has 1 fully saturated rings. The zero-order valence-corrected chi connectivity index (χ0v) is 7.51. The Labute approximate surface area is 83.3 Å². The monoisotopic (exact) mass is 216 g/mol. The summed E-state index contributed by atoms with van der Waals surface area (Å²) < 4.78 is 38.5. The Morgan fingerprint density at radius 3 is 2.33 bits per heavy atom. The maximum atomic E-state index is 13.2. The van der Waals surface area contributed by atoms with Crippen LogP contribution in [0, 0.1) is 17.5 Å². The van der Waals surface area contributed by atoms with E-state index in [1.165, 1.54) is 0 Å². The smallest absolute Gasteiger partial charge is 0.245 e. The van der Waals surface area contributed by atoms with E-state index in [0.717, 1.165) is 4.90 Å². The van der Waals surface area contributed by atoms with Gasteiger partial charge in [0.2, 0.25) is 5.91 Å². The molecule has 0 saturated carbocycles. The van der Waals surface area contributed by atoms with Crippen molar-refractivity contribution in [2.24, 2.45) is 5.73 Å². The van der Waals surface area contributed by atoms with Gasteiger partial charge in [-0.25, -0.2) is 13.2 Å². The minimum Gasteiger partial charge on any atom is -0.318 e. The average molecular weight is 216 g/mol. The van der Waals surface area contributed by atoms with Crippen LogP contribution < -0.4 is 10.6 Å². The van der Waals surface area contributed by atoms with Crippen LogP contribution >= 0.6 is 0 Å². The molecule has 0 aliphatic carbocycles. The van der Waals surface area contributed by atoms with Crippen LogP contribution in [0.3, 0.4) is 0 Å². The van der Waals surface area contributed by atoms with Crippen LogP contribution in [0.2, 0.25) is 0 Å². The summed E-state index contributed by atoms with van der Waals surface area (Å²) in [6.45, 7) is 0.112. The van der Waals surface area contributed by atoms with E-state index in [-0.39, 0.29) is 12.2 Å². The van der Waals surface area contributed by atoms with Crippen molar-refractivity contribution in [1.29, 1.82) is 0 Å². The molecule has 2 N–H and O–H groups in total. The number of benzene rings is 1. The summed E-state index contributed by atoms with van der Waals surface area (Å²) >= 11 is 0. The second-order valence-electron chi connectivity index (χ2n) is 3.27. The van der Waals surface area contributed by atoms with E-state index in [1.807, 2.05) is 0 Å². The lowest BCUT2D eigenvalue weighted by Gasteiger charge is -2.36. The van der Waals surface area contributed by atoms with Crippen molar-refractivity contribution in [1.82, 2.24) is 0 Å². The second-order valence-corrected chi connectivity index (χ2v) is 3.27. The molecule has 0 aromatic heterocycles. The molecule has 3 nitrogen and oxygen atoms in total. The molecule has 15 heavy (non-hydrogen) atoms. The SMILES string of the molecule is NC1CN(c2cc(F)c(F)cc2F)C1=O. The van der Waals surface area contributed by atoms with Gasteiger partial charge < -0.3 is 10.6 Å². The molecule has 1 aromatic rings. The predicted molar refractivity (Wildman–Crippen MR) is 46.6 cm³/mol. The quantitative estimate of drug-likeness (QED) is 0.557. The zero-order chi connectivity index (χ0) is 11.2. The van der Waals surface area contributed by atoms with Crippen LogP contribution in [0.4, 0.5) is 18.9 Å². The molecule has 1 aromatic carbocycles. The van der Waals surface area contributed by atoms with Gasteiger partial charge in [0.15, 0.2) is 11.6 Å². The molecule has 1 saturated heterocycles. The number of hydrogen-bond donors (Lipinski definition) is 1. The summed E-state index contributed by atoms with van der Waals surface area (Å²) in [7, 11) is 0. The van der Waals surface area contributed by atoms with Crippen molar-refractivity contribution < 1.29 is 18.0 Å². The first-order valence-corrected chi connectivity index (χ1v) is 4.22. The van der Waals surface area contributed by atoms with Crippen LogP contribution in [0.5, 0.6) is 0 Å². The third-order valence-electron chi connectivity index (χ3n) is 2.24. The molecule has 2 rings (SSSR count). The number of nitrogens with two attached hydrogens (primary N) is 1. The van der Waals surface area contributed by atoms with Crippen LogP contribution in [0.15, 0.2) is 12.1 Å². The molecule has 1 atom stereocenters. The van der Waals surface area contributed by atoms with Gasteiger partial charge >= 0.3 is 0 Å². The van der Waals surface area contributed by atoms with Crippen molar-refractivity contribution in [2.75, 3.05) is 11.4 Å². The van der Waals surface area contributed by atoms with Crippen molar-refractivity contribution in [3.8, 4) is 0 Å². The first-order valence-electron chi connectivity index (χ1n) is 4.22. The average Bonchev–Trinajstić information content (AvgIpc) is 2.20. The van der Waals surface area contributed by atoms with Crippen molar-refractivity contribution in [2.45, 2.75) is 6.04 Å². The lowest BCUT2D eigenvalue weighted by Crippen LogP contribution is -2.61. The third kappa shape index (κ3) is 1.46. The Kier molecular flexibility index (Phi) is 2.15. The van der Waals surface area contributed by atoms with Gasteiger partial charge in [-0.3, -0.25) is 4.79 Å². The molecular weight excluding hydrogens is 209 g/mol. The Hall–Kier alpha value is -1.56. The van der Waals surface area contributed by atoms with E-state index >= 15 is 0 Å². The van der Waals surface area contributed by atoms with E-state index in [2.05, 4.69) is 0 Å². The Morgan fingerprint density at radius 1 is 1.20 bits per heavy atom. The normalized spacial score (nSPS) is 20.4. The van der Waals surface area contributed by atoms with Gasteiger partial charge in [0.25, 0.3) is 0 Å². The molecule has 0 radical (unpaired) electrons. The van der Waals surface area contributed by atoms with Gasteiger partial charge in [-0.2, -0.15) is 0 Å². The highest BCUT2D eigenvalue weighted by molar-refractivity contribution is 6.03. The van der Waals surface area contributed by atoms with Gasteiger partial charge in [0, 0.05) is 12.1 Å². The van der Waals surface area contributed by atoms with Gasteiger partial charge in [0.1, 0.15) is 11.9 Å². The Morgan fingerprint density at radius 2 is 1.80 bits per heavy atom. The number of hydrogen-bond acceptors (Lipinski definition) is 2. The van der Waals surface area contributed by atoms with Crippen molar-refractivity contribution >= 4 is 11.6 Å². The van der Waals surface area contributed by atoms with E-state index < -0.39 is 29.4 Å². The Balaban J connectivity index is 2.37. The maximum absolute atomic E-state index is 13.2. The van der Waals surface area contributed by atoms with E-state index in [9.17, 15) is 18.0 Å². The molecule has 0 spiro atoms. The summed E-state index contributed by atoms with van der Waals surface area (Å²) in [5.74, 6) is -3.96. The summed E-state index contributed by atoms with van der Waals surface area (Å²) in [6, 6.07) is 0.369. The lowest BCUT2D eigenvalue weighted by atomic mass is 10.1. The number of β-lactam (4-membered cyclic amide) rings is 1. The summed E-state index contributed by atoms with van der Waals surface area (Å²) in [5, 5.41) is 0. The fraction of sp³-hybridized carbons (Fsp3) is 0.222. The van der Waals surface area contributed by atoms with E-state index in [1.54, 1.807) is 0 Å². The van der Waals surface area contributed by atoms with Crippen LogP contribution in [0.25, 0.3) is 0 Å². The molecule has 1 aliphatic rings. The maximum Gasteiger partial charge on any atom is 0.245 e. The number of carbonyl (C=O) groups is 1.